The van der Waals surface area contributed by atoms with Crippen molar-refractivity contribution in [1.29, 1.82) is 0 Å². The summed E-state index contributed by atoms with van der Waals surface area (Å²) >= 11 is 0. The zero-order valence-corrected chi connectivity index (χ0v) is 17.1. The summed E-state index contributed by atoms with van der Waals surface area (Å²) < 4.78 is 18.0. The van der Waals surface area contributed by atoms with Crippen molar-refractivity contribution in [1.82, 2.24) is 16.0 Å². The number of carbonyl (C=O) groups is 3. The van der Waals surface area contributed by atoms with Crippen LogP contribution in [0.3, 0.4) is 0 Å². The maximum absolute atomic E-state index is 12.8. The molecule has 0 aliphatic heterocycles. The van der Waals surface area contributed by atoms with Gasteiger partial charge in [-0.05, 0) is 55.8 Å². The second kappa shape index (κ2) is 10.8. The van der Waals surface area contributed by atoms with E-state index in [0.29, 0.717) is 5.69 Å². The Kier molecular flexibility index (Phi) is 8.16. The molecule has 0 heterocycles. The summed E-state index contributed by atoms with van der Waals surface area (Å²) in [5.41, 5.74) is 1.35. The van der Waals surface area contributed by atoms with E-state index in [1.807, 2.05) is 13.8 Å². The number of hydrogen-bond acceptors (Lipinski definition) is 4. The van der Waals surface area contributed by atoms with Crippen LogP contribution >= 0.6 is 0 Å². The van der Waals surface area contributed by atoms with Crippen molar-refractivity contribution in [2.75, 3.05) is 18.5 Å². The Morgan fingerprint density at radius 1 is 1.00 bits per heavy atom. The fraction of sp³-hybridized carbons (Fsp3) is 0.286. The van der Waals surface area contributed by atoms with Crippen LogP contribution in [0.4, 0.5) is 19.7 Å². The molecule has 0 bridgehead atoms. The summed E-state index contributed by atoms with van der Waals surface area (Å²) in [6, 6.07) is 11.3. The van der Waals surface area contributed by atoms with Crippen LogP contribution in [0.5, 0.6) is 5.75 Å². The highest BCUT2D eigenvalue weighted by atomic mass is 19.1. The van der Waals surface area contributed by atoms with Gasteiger partial charge in [-0.15, -0.1) is 0 Å². The van der Waals surface area contributed by atoms with E-state index >= 15 is 0 Å². The van der Waals surface area contributed by atoms with Crippen molar-refractivity contribution in [3.8, 4) is 5.75 Å². The third kappa shape index (κ3) is 7.42. The molecule has 2 aromatic rings. The highest BCUT2D eigenvalue weighted by Gasteiger charge is 2.12. The smallest absolute Gasteiger partial charge is 0.330 e. The SMILES string of the molecule is CC(C)NC(=O)N(C)c1ccc(OC(=O)CNC(=O)NCc2ccc(F)cc2)cc1. The molecule has 0 aliphatic carbocycles. The average molecular weight is 416 g/mol. The van der Waals surface area contributed by atoms with Crippen LogP contribution in [-0.2, 0) is 11.3 Å². The van der Waals surface area contributed by atoms with E-state index < -0.39 is 12.0 Å². The lowest BCUT2D eigenvalue weighted by Gasteiger charge is -2.20. The van der Waals surface area contributed by atoms with Gasteiger partial charge in [0.25, 0.3) is 0 Å². The predicted molar refractivity (Wildman–Crippen MR) is 111 cm³/mol. The number of nitrogens with zero attached hydrogens (tertiary/aromatic N) is 1. The zero-order valence-electron chi connectivity index (χ0n) is 17.1. The average Bonchev–Trinajstić information content (AvgIpc) is 2.71. The fourth-order valence-corrected chi connectivity index (χ4v) is 2.37. The Labute approximate surface area is 174 Å². The third-order valence-electron chi connectivity index (χ3n) is 3.93. The molecular weight excluding hydrogens is 391 g/mol. The number of amides is 4. The minimum atomic E-state index is -0.648. The molecule has 9 heteroatoms. The van der Waals surface area contributed by atoms with Gasteiger partial charge in [0.05, 0.1) is 0 Å². The molecule has 2 aromatic carbocycles. The van der Waals surface area contributed by atoms with E-state index in [2.05, 4.69) is 16.0 Å². The van der Waals surface area contributed by atoms with Crippen LogP contribution in [0.25, 0.3) is 0 Å². The number of benzene rings is 2. The molecule has 0 atom stereocenters. The number of carbonyl (C=O) groups excluding carboxylic acids is 3. The lowest BCUT2D eigenvalue weighted by Crippen LogP contribution is -2.40. The highest BCUT2D eigenvalue weighted by molar-refractivity contribution is 5.91. The van der Waals surface area contributed by atoms with Crippen molar-refractivity contribution in [3.05, 3.63) is 59.9 Å². The zero-order chi connectivity index (χ0) is 22.1. The second-order valence-corrected chi connectivity index (χ2v) is 6.79. The molecule has 0 aliphatic rings. The van der Waals surface area contributed by atoms with E-state index in [4.69, 9.17) is 4.74 Å². The molecule has 160 valence electrons. The van der Waals surface area contributed by atoms with Gasteiger partial charge in [0, 0.05) is 25.3 Å². The fourth-order valence-electron chi connectivity index (χ4n) is 2.37. The Morgan fingerprint density at radius 2 is 1.63 bits per heavy atom. The van der Waals surface area contributed by atoms with E-state index in [9.17, 15) is 18.8 Å². The molecule has 0 unspecified atom stereocenters. The number of nitrogens with one attached hydrogen (secondary N) is 3. The molecule has 0 aromatic heterocycles. The van der Waals surface area contributed by atoms with E-state index in [-0.39, 0.29) is 36.7 Å². The number of esters is 1. The van der Waals surface area contributed by atoms with Crippen LogP contribution in [0, 0.1) is 5.82 Å². The van der Waals surface area contributed by atoms with Crippen molar-refractivity contribution in [2.24, 2.45) is 0 Å². The van der Waals surface area contributed by atoms with Crippen molar-refractivity contribution in [2.45, 2.75) is 26.4 Å². The van der Waals surface area contributed by atoms with Crippen molar-refractivity contribution < 1.29 is 23.5 Å². The number of halogens is 1. The lowest BCUT2D eigenvalue weighted by molar-refractivity contribution is -0.133. The number of hydrogen-bond donors (Lipinski definition) is 3. The molecule has 0 saturated heterocycles. The molecule has 3 N–H and O–H groups in total. The van der Waals surface area contributed by atoms with Gasteiger partial charge >= 0.3 is 18.0 Å². The number of ether oxygens (including phenoxy) is 1. The Morgan fingerprint density at radius 3 is 2.23 bits per heavy atom. The molecular formula is C21H25FN4O4. The molecule has 2 rings (SSSR count). The standard InChI is InChI=1S/C21H25FN4O4/c1-14(2)25-21(29)26(3)17-8-10-18(11-9-17)30-19(27)13-24-20(28)23-12-15-4-6-16(22)7-5-15/h4-11,14H,12-13H2,1-3H3,(H,25,29)(H2,23,24,28). The first kappa shape index (κ1) is 22.7. The summed E-state index contributed by atoms with van der Waals surface area (Å²) in [5, 5.41) is 7.72. The normalized spacial score (nSPS) is 10.3. The topological polar surface area (TPSA) is 99.8 Å². The van der Waals surface area contributed by atoms with Crippen LogP contribution in [-0.4, -0.2) is 37.7 Å². The maximum Gasteiger partial charge on any atom is 0.330 e. The number of anilines is 1. The first-order valence-electron chi connectivity index (χ1n) is 9.35. The van der Waals surface area contributed by atoms with Gasteiger partial charge < -0.3 is 20.7 Å². The van der Waals surface area contributed by atoms with Gasteiger partial charge in [-0.3, -0.25) is 4.90 Å². The minimum absolute atomic E-state index is 0.0144. The molecule has 30 heavy (non-hydrogen) atoms. The van der Waals surface area contributed by atoms with Gasteiger partial charge in [0.15, 0.2) is 0 Å². The monoisotopic (exact) mass is 416 g/mol. The number of rotatable bonds is 7. The van der Waals surface area contributed by atoms with Crippen LogP contribution in [0.1, 0.15) is 19.4 Å². The molecule has 0 radical (unpaired) electrons. The Balaban J connectivity index is 1.75. The quantitative estimate of drug-likeness (QED) is 0.477. The van der Waals surface area contributed by atoms with Gasteiger partial charge in [-0.1, -0.05) is 12.1 Å². The van der Waals surface area contributed by atoms with E-state index in [1.165, 1.54) is 17.0 Å². The molecule has 4 amide bonds. The summed E-state index contributed by atoms with van der Waals surface area (Å²) in [5.74, 6) is -0.718. The van der Waals surface area contributed by atoms with E-state index in [1.54, 1.807) is 43.4 Å². The second-order valence-electron chi connectivity index (χ2n) is 6.79. The largest absolute Gasteiger partial charge is 0.425 e. The molecule has 0 fully saturated rings. The van der Waals surface area contributed by atoms with Crippen LogP contribution in [0.2, 0.25) is 0 Å². The summed E-state index contributed by atoms with van der Waals surface area (Å²) in [6.45, 7) is 3.60. The maximum atomic E-state index is 12.8. The predicted octanol–water partition coefficient (Wildman–Crippen LogP) is 2.78. The Bertz CT molecular complexity index is 870. The van der Waals surface area contributed by atoms with Crippen LogP contribution < -0.4 is 25.6 Å². The van der Waals surface area contributed by atoms with Gasteiger partial charge in [0.2, 0.25) is 0 Å². The Hall–Kier alpha value is -3.62. The first-order valence-corrected chi connectivity index (χ1v) is 9.35. The van der Waals surface area contributed by atoms with Crippen LogP contribution in [0.15, 0.2) is 48.5 Å². The first-order chi connectivity index (χ1) is 14.2. The third-order valence-corrected chi connectivity index (χ3v) is 3.93. The summed E-state index contributed by atoms with van der Waals surface area (Å²) in [7, 11) is 1.63. The minimum Gasteiger partial charge on any atom is -0.425 e. The molecule has 8 nitrogen and oxygen atoms in total. The molecule has 0 spiro atoms. The van der Waals surface area contributed by atoms with E-state index in [0.717, 1.165) is 5.56 Å². The van der Waals surface area contributed by atoms with Crippen molar-refractivity contribution >= 4 is 23.7 Å². The molecule has 0 saturated carbocycles. The van der Waals surface area contributed by atoms with Gasteiger partial charge in [0.1, 0.15) is 18.1 Å². The van der Waals surface area contributed by atoms with Crippen molar-refractivity contribution in [3.63, 3.8) is 0 Å². The highest BCUT2D eigenvalue weighted by Crippen LogP contribution is 2.18. The van der Waals surface area contributed by atoms with Gasteiger partial charge in [-0.2, -0.15) is 0 Å². The summed E-state index contributed by atoms with van der Waals surface area (Å²) in [4.78, 5) is 37.1. The summed E-state index contributed by atoms with van der Waals surface area (Å²) in [6.07, 6.45) is 0. The number of urea groups is 2. The van der Waals surface area contributed by atoms with Gasteiger partial charge in [-0.25, -0.2) is 18.8 Å². The lowest BCUT2D eigenvalue weighted by atomic mass is 10.2.